The fourth-order valence-corrected chi connectivity index (χ4v) is 3.52. The van der Waals surface area contributed by atoms with Crippen molar-refractivity contribution in [2.75, 3.05) is 33.2 Å². The van der Waals surface area contributed by atoms with Crippen molar-refractivity contribution in [3.63, 3.8) is 0 Å². The molecule has 0 aliphatic carbocycles. The summed E-state index contributed by atoms with van der Waals surface area (Å²) in [5.74, 6) is 0.960. The molecule has 0 amide bonds. The van der Waals surface area contributed by atoms with Crippen LogP contribution in [-0.2, 0) is 6.54 Å². The summed E-state index contributed by atoms with van der Waals surface area (Å²) in [6.07, 6.45) is 2.91. The molecule has 0 saturated carbocycles. The molecule has 1 unspecified atom stereocenters. The number of piperazine rings is 1. The van der Waals surface area contributed by atoms with Crippen LogP contribution in [0.15, 0.2) is 47.6 Å². The average molecular weight is 340 g/mol. The Kier molecular flexibility index (Phi) is 6.06. The fraction of sp³-hybridized carbons (Fsp3) is 0.474. The van der Waals surface area contributed by atoms with Crippen LogP contribution < -0.4 is 5.32 Å². The highest BCUT2D eigenvalue weighted by Crippen LogP contribution is 2.25. The van der Waals surface area contributed by atoms with Gasteiger partial charge in [-0.05, 0) is 18.1 Å². The lowest BCUT2D eigenvalue weighted by Crippen LogP contribution is -2.52. The molecule has 2 N–H and O–H groups in total. The first-order valence-electron chi connectivity index (χ1n) is 9.04. The van der Waals surface area contributed by atoms with E-state index in [9.17, 15) is 0 Å². The van der Waals surface area contributed by atoms with E-state index in [0.29, 0.717) is 12.6 Å². The highest BCUT2D eigenvalue weighted by molar-refractivity contribution is 5.79. The van der Waals surface area contributed by atoms with Gasteiger partial charge < -0.3 is 10.2 Å². The van der Waals surface area contributed by atoms with Gasteiger partial charge in [-0.2, -0.15) is 5.10 Å². The normalized spacial score (nSPS) is 17.5. The van der Waals surface area contributed by atoms with E-state index in [1.807, 2.05) is 13.1 Å². The lowest BCUT2D eigenvalue weighted by Gasteiger charge is -2.40. The van der Waals surface area contributed by atoms with Crippen LogP contribution in [0.5, 0.6) is 0 Å². The van der Waals surface area contributed by atoms with Crippen molar-refractivity contribution < 1.29 is 0 Å². The standard InChI is InChI=1S/C19H28N6/c1-3-18(16-7-5-4-6-8-16)24-11-13-25(14-12-24)19(20-2)21-15-17-9-10-22-23-17/h4-10,18H,3,11-15H2,1-2H3,(H,20,21)(H,22,23). The maximum absolute atomic E-state index is 4.44. The van der Waals surface area contributed by atoms with Gasteiger partial charge in [0.15, 0.2) is 5.96 Å². The monoisotopic (exact) mass is 340 g/mol. The summed E-state index contributed by atoms with van der Waals surface area (Å²) in [5.41, 5.74) is 2.48. The Balaban J connectivity index is 1.55. The number of H-pyrrole nitrogens is 1. The van der Waals surface area contributed by atoms with Crippen LogP contribution in [0, 0.1) is 0 Å². The second-order valence-corrected chi connectivity index (χ2v) is 6.34. The summed E-state index contributed by atoms with van der Waals surface area (Å²) in [7, 11) is 1.85. The molecule has 0 bridgehead atoms. The molecule has 1 fully saturated rings. The molecule has 1 aliphatic rings. The number of benzene rings is 1. The molecular weight excluding hydrogens is 312 g/mol. The third kappa shape index (κ3) is 4.39. The van der Waals surface area contributed by atoms with Gasteiger partial charge >= 0.3 is 0 Å². The Morgan fingerprint density at radius 1 is 1.20 bits per heavy atom. The Morgan fingerprint density at radius 3 is 2.56 bits per heavy atom. The van der Waals surface area contributed by atoms with E-state index in [4.69, 9.17) is 0 Å². The van der Waals surface area contributed by atoms with Crippen molar-refractivity contribution in [2.45, 2.75) is 25.9 Å². The topological polar surface area (TPSA) is 59.5 Å². The van der Waals surface area contributed by atoms with E-state index in [1.54, 1.807) is 6.20 Å². The van der Waals surface area contributed by atoms with Gasteiger partial charge in [0.25, 0.3) is 0 Å². The van der Waals surface area contributed by atoms with Crippen LogP contribution in [0.4, 0.5) is 0 Å². The van der Waals surface area contributed by atoms with E-state index in [2.05, 4.69) is 67.6 Å². The van der Waals surface area contributed by atoms with Crippen molar-refractivity contribution in [1.82, 2.24) is 25.3 Å². The summed E-state index contributed by atoms with van der Waals surface area (Å²) >= 11 is 0. The molecule has 1 atom stereocenters. The number of aliphatic imine (C=N–C) groups is 1. The van der Waals surface area contributed by atoms with Crippen molar-refractivity contribution in [3.8, 4) is 0 Å². The summed E-state index contributed by atoms with van der Waals surface area (Å²) in [6, 6.07) is 13.3. The predicted octanol–water partition coefficient (Wildman–Crippen LogP) is 2.25. The Bertz CT molecular complexity index is 644. The van der Waals surface area contributed by atoms with Crippen LogP contribution in [0.3, 0.4) is 0 Å². The number of aromatic amines is 1. The molecule has 1 aromatic heterocycles. The van der Waals surface area contributed by atoms with Crippen LogP contribution >= 0.6 is 0 Å². The van der Waals surface area contributed by atoms with Crippen LogP contribution in [0.1, 0.15) is 30.6 Å². The minimum absolute atomic E-state index is 0.503. The molecule has 134 valence electrons. The maximum Gasteiger partial charge on any atom is 0.194 e. The summed E-state index contributed by atoms with van der Waals surface area (Å²) in [4.78, 5) is 9.37. The molecule has 25 heavy (non-hydrogen) atoms. The van der Waals surface area contributed by atoms with Gasteiger partial charge in [-0.3, -0.25) is 15.0 Å². The lowest BCUT2D eigenvalue weighted by atomic mass is 10.0. The predicted molar refractivity (Wildman–Crippen MR) is 101 cm³/mol. The second kappa shape index (κ2) is 8.67. The number of nitrogens with one attached hydrogen (secondary N) is 2. The van der Waals surface area contributed by atoms with Gasteiger partial charge in [-0.15, -0.1) is 0 Å². The molecule has 1 aromatic carbocycles. The van der Waals surface area contributed by atoms with Gasteiger partial charge in [0.05, 0.1) is 12.2 Å². The molecule has 0 spiro atoms. The number of nitrogens with zero attached hydrogens (tertiary/aromatic N) is 4. The molecule has 3 rings (SSSR count). The van der Waals surface area contributed by atoms with Gasteiger partial charge in [-0.25, -0.2) is 0 Å². The Hall–Kier alpha value is -2.34. The van der Waals surface area contributed by atoms with E-state index < -0.39 is 0 Å². The van der Waals surface area contributed by atoms with Crippen LogP contribution in [-0.4, -0.2) is 59.2 Å². The second-order valence-electron chi connectivity index (χ2n) is 6.34. The van der Waals surface area contributed by atoms with Crippen molar-refractivity contribution in [3.05, 3.63) is 53.9 Å². The molecule has 6 nitrogen and oxygen atoms in total. The highest BCUT2D eigenvalue weighted by Gasteiger charge is 2.25. The molecule has 0 radical (unpaired) electrons. The smallest absolute Gasteiger partial charge is 0.194 e. The fourth-order valence-electron chi connectivity index (χ4n) is 3.52. The Morgan fingerprint density at radius 2 is 1.96 bits per heavy atom. The molecule has 2 aromatic rings. The van der Waals surface area contributed by atoms with Crippen molar-refractivity contribution in [2.24, 2.45) is 4.99 Å². The maximum atomic E-state index is 4.44. The summed E-state index contributed by atoms with van der Waals surface area (Å²) in [5, 5.41) is 10.4. The summed E-state index contributed by atoms with van der Waals surface area (Å²) in [6.45, 7) is 7.08. The summed E-state index contributed by atoms with van der Waals surface area (Å²) < 4.78 is 0. The largest absolute Gasteiger partial charge is 0.351 e. The molecule has 6 heteroatoms. The first-order valence-corrected chi connectivity index (χ1v) is 9.04. The molecule has 1 aliphatic heterocycles. The van der Waals surface area contributed by atoms with Crippen molar-refractivity contribution in [1.29, 1.82) is 0 Å². The minimum Gasteiger partial charge on any atom is -0.351 e. The number of guanidine groups is 1. The third-order valence-corrected chi connectivity index (χ3v) is 4.83. The van der Waals surface area contributed by atoms with Crippen molar-refractivity contribution >= 4 is 5.96 Å². The highest BCUT2D eigenvalue weighted by atomic mass is 15.4. The van der Waals surface area contributed by atoms with Gasteiger partial charge in [0.1, 0.15) is 0 Å². The minimum atomic E-state index is 0.503. The SMILES string of the molecule is CCC(c1ccccc1)N1CCN(C(=NC)NCc2ccn[nH]2)CC1. The van der Waals surface area contributed by atoms with Gasteiger partial charge in [-0.1, -0.05) is 37.3 Å². The molecular formula is C19H28N6. The van der Waals surface area contributed by atoms with Gasteiger partial charge in [0.2, 0.25) is 0 Å². The zero-order valence-corrected chi connectivity index (χ0v) is 15.2. The van der Waals surface area contributed by atoms with E-state index in [0.717, 1.165) is 44.3 Å². The number of aromatic nitrogens is 2. The van der Waals surface area contributed by atoms with Gasteiger partial charge in [0, 0.05) is 45.5 Å². The first-order chi connectivity index (χ1) is 12.3. The number of rotatable bonds is 5. The lowest BCUT2D eigenvalue weighted by molar-refractivity contribution is 0.127. The average Bonchev–Trinajstić information content (AvgIpc) is 3.18. The van der Waals surface area contributed by atoms with Crippen LogP contribution in [0.25, 0.3) is 0 Å². The quantitative estimate of drug-likeness (QED) is 0.647. The number of hydrogen-bond acceptors (Lipinski definition) is 3. The first kappa shape index (κ1) is 17.5. The number of hydrogen-bond donors (Lipinski definition) is 2. The van der Waals surface area contributed by atoms with E-state index in [-0.39, 0.29) is 0 Å². The van der Waals surface area contributed by atoms with E-state index in [1.165, 1.54) is 5.56 Å². The molecule has 1 saturated heterocycles. The third-order valence-electron chi connectivity index (χ3n) is 4.83. The molecule has 2 heterocycles. The zero-order valence-electron chi connectivity index (χ0n) is 15.2. The van der Waals surface area contributed by atoms with Crippen LogP contribution in [0.2, 0.25) is 0 Å². The Labute approximate surface area is 149 Å². The zero-order chi connectivity index (χ0) is 17.5. The van der Waals surface area contributed by atoms with E-state index >= 15 is 0 Å².